The van der Waals surface area contributed by atoms with Gasteiger partial charge >= 0.3 is 0 Å². The molecule has 1 saturated carbocycles. The predicted molar refractivity (Wildman–Crippen MR) is 74.0 cm³/mol. The molecule has 1 saturated heterocycles. The highest BCUT2D eigenvalue weighted by atomic mass is 16.5. The Morgan fingerprint density at radius 2 is 2.10 bits per heavy atom. The first kappa shape index (κ1) is 13.5. The van der Waals surface area contributed by atoms with Gasteiger partial charge in [0.1, 0.15) is 6.10 Å². The van der Waals surface area contributed by atoms with E-state index < -0.39 is 0 Å². The van der Waals surface area contributed by atoms with E-state index in [1.54, 1.807) is 12.4 Å². The number of morpholine rings is 1. The maximum atomic E-state index is 12.5. The van der Waals surface area contributed by atoms with Crippen LogP contribution in [0.25, 0.3) is 0 Å². The molecule has 1 aromatic heterocycles. The van der Waals surface area contributed by atoms with Crippen molar-refractivity contribution >= 4 is 5.91 Å². The lowest BCUT2D eigenvalue weighted by Crippen LogP contribution is -2.44. The fourth-order valence-electron chi connectivity index (χ4n) is 3.03. The number of aromatic nitrogens is 2. The average Bonchev–Trinajstić information content (AvgIpc) is 3.01. The minimum atomic E-state index is -0.137. The Balaban J connectivity index is 1.66. The maximum Gasteiger partial charge on any atom is 0.225 e. The second kappa shape index (κ2) is 5.87. The molecule has 1 aromatic rings. The third-order valence-electron chi connectivity index (χ3n) is 4.21. The molecule has 108 valence electrons. The van der Waals surface area contributed by atoms with Crippen molar-refractivity contribution in [2.45, 2.75) is 38.7 Å². The van der Waals surface area contributed by atoms with Crippen LogP contribution >= 0.6 is 0 Å². The molecule has 5 nitrogen and oxygen atoms in total. The number of nitrogens with zero attached hydrogens (tertiary/aromatic N) is 3. The lowest BCUT2D eigenvalue weighted by molar-refractivity contribution is -0.143. The van der Waals surface area contributed by atoms with E-state index in [9.17, 15) is 4.79 Å². The highest BCUT2D eigenvalue weighted by Gasteiger charge is 2.31. The van der Waals surface area contributed by atoms with Gasteiger partial charge in [0.25, 0.3) is 0 Å². The van der Waals surface area contributed by atoms with Crippen molar-refractivity contribution < 1.29 is 9.53 Å². The number of hydrogen-bond donors (Lipinski definition) is 0. The fraction of sp³-hybridized carbons (Fsp3) is 0.667. The van der Waals surface area contributed by atoms with E-state index in [4.69, 9.17) is 4.74 Å². The van der Waals surface area contributed by atoms with Crippen molar-refractivity contribution in [3.8, 4) is 0 Å². The summed E-state index contributed by atoms with van der Waals surface area (Å²) in [6, 6.07) is 0. The smallest absolute Gasteiger partial charge is 0.225 e. The summed E-state index contributed by atoms with van der Waals surface area (Å²) >= 11 is 0. The lowest BCUT2D eigenvalue weighted by atomic mass is 10.1. The number of ether oxygens (including phenoxy) is 1. The van der Waals surface area contributed by atoms with Gasteiger partial charge in [-0.25, -0.2) is 0 Å². The zero-order chi connectivity index (χ0) is 13.9. The maximum absolute atomic E-state index is 12.5. The van der Waals surface area contributed by atoms with E-state index in [2.05, 4.69) is 9.97 Å². The molecule has 0 radical (unpaired) electrons. The molecule has 2 aliphatic rings. The number of hydrogen-bond acceptors (Lipinski definition) is 4. The summed E-state index contributed by atoms with van der Waals surface area (Å²) in [5.74, 6) is 0.536. The van der Waals surface area contributed by atoms with Gasteiger partial charge in [0.15, 0.2) is 0 Å². The van der Waals surface area contributed by atoms with Crippen molar-refractivity contribution in [2.75, 3.05) is 19.7 Å². The third kappa shape index (κ3) is 2.82. The summed E-state index contributed by atoms with van der Waals surface area (Å²) in [6.45, 7) is 3.80. The molecule has 1 aliphatic carbocycles. The van der Waals surface area contributed by atoms with E-state index >= 15 is 0 Å². The largest absolute Gasteiger partial charge is 0.368 e. The Morgan fingerprint density at radius 1 is 1.30 bits per heavy atom. The Morgan fingerprint density at radius 3 is 2.80 bits per heavy atom. The Hall–Kier alpha value is -1.49. The normalized spacial score (nSPS) is 24.1. The highest BCUT2D eigenvalue weighted by molar-refractivity contribution is 5.79. The quantitative estimate of drug-likeness (QED) is 0.827. The standard InChI is InChI=1S/C15H21N3O2/c1-11-8-17-13(9-16-11)14-10-18(6-7-20-14)15(19)12-4-2-3-5-12/h8-9,12,14H,2-7,10H2,1H3/t14-/m1/s1. The average molecular weight is 275 g/mol. The molecule has 2 fully saturated rings. The van der Waals surface area contributed by atoms with Gasteiger partial charge in [-0.1, -0.05) is 12.8 Å². The van der Waals surface area contributed by atoms with Crippen LogP contribution in [0.4, 0.5) is 0 Å². The minimum absolute atomic E-state index is 0.137. The molecule has 0 spiro atoms. The molecule has 1 aliphatic heterocycles. The summed E-state index contributed by atoms with van der Waals surface area (Å²) in [7, 11) is 0. The topological polar surface area (TPSA) is 55.3 Å². The van der Waals surface area contributed by atoms with Crippen molar-refractivity contribution in [3.63, 3.8) is 0 Å². The van der Waals surface area contributed by atoms with Gasteiger partial charge in [-0.05, 0) is 19.8 Å². The molecule has 0 bridgehead atoms. The fourth-order valence-corrected chi connectivity index (χ4v) is 3.03. The monoisotopic (exact) mass is 275 g/mol. The van der Waals surface area contributed by atoms with Crippen LogP contribution in [0.1, 0.15) is 43.2 Å². The highest BCUT2D eigenvalue weighted by Crippen LogP contribution is 2.28. The first-order chi connectivity index (χ1) is 9.74. The summed E-state index contributed by atoms with van der Waals surface area (Å²) in [5, 5.41) is 0. The number of rotatable bonds is 2. The SMILES string of the molecule is Cc1cnc([C@H]2CN(C(=O)C3CCCC3)CCO2)cn1. The van der Waals surface area contributed by atoms with E-state index in [0.29, 0.717) is 25.6 Å². The zero-order valence-electron chi connectivity index (χ0n) is 11.9. The van der Waals surface area contributed by atoms with Crippen molar-refractivity contribution in [2.24, 2.45) is 5.92 Å². The molecule has 20 heavy (non-hydrogen) atoms. The van der Waals surface area contributed by atoms with Crippen LogP contribution in [0.2, 0.25) is 0 Å². The zero-order valence-corrected chi connectivity index (χ0v) is 11.9. The van der Waals surface area contributed by atoms with Gasteiger partial charge in [0, 0.05) is 18.7 Å². The molecule has 1 amide bonds. The van der Waals surface area contributed by atoms with Gasteiger partial charge in [-0.3, -0.25) is 14.8 Å². The second-order valence-corrected chi connectivity index (χ2v) is 5.71. The van der Waals surface area contributed by atoms with Crippen LogP contribution < -0.4 is 0 Å². The van der Waals surface area contributed by atoms with Gasteiger partial charge in [0.2, 0.25) is 5.91 Å². The van der Waals surface area contributed by atoms with Crippen LogP contribution in [0.5, 0.6) is 0 Å². The molecular weight excluding hydrogens is 254 g/mol. The first-order valence-electron chi connectivity index (χ1n) is 7.43. The Labute approximate surface area is 119 Å². The number of carbonyl (C=O) groups excluding carboxylic acids is 1. The van der Waals surface area contributed by atoms with Crippen LogP contribution in [0, 0.1) is 12.8 Å². The summed E-state index contributed by atoms with van der Waals surface area (Å²) in [4.78, 5) is 23.0. The van der Waals surface area contributed by atoms with Gasteiger partial charge < -0.3 is 9.64 Å². The van der Waals surface area contributed by atoms with Gasteiger partial charge in [-0.2, -0.15) is 0 Å². The van der Waals surface area contributed by atoms with Crippen molar-refractivity contribution in [1.82, 2.24) is 14.9 Å². The van der Waals surface area contributed by atoms with Crippen molar-refractivity contribution in [3.05, 3.63) is 23.8 Å². The molecular formula is C15H21N3O2. The molecule has 3 rings (SSSR count). The summed E-state index contributed by atoms with van der Waals surface area (Å²) in [6.07, 6.45) is 7.83. The number of amides is 1. The Kier molecular flexibility index (Phi) is 3.96. The van der Waals surface area contributed by atoms with E-state index in [1.807, 2.05) is 11.8 Å². The van der Waals surface area contributed by atoms with E-state index in [1.165, 1.54) is 12.8 Å². The predicted octanol–water partition coefficient (Wildman–Crippen LogP) is 1.88. The van der Waals surface area contributed by atoms with Gasteiger partial charge in [-0.15, -0.1) is 0 Å². The van der Waals surface area contributed by atoms with Crippen molar-refractivity contribution in [1.29, 1.82) is 0 Å². The summed E-state index contributed by atoms with van der Waals surface area (Å²) in [5.41, 5.74) is 1.71. The van der Waals surface area contributed by atoms with E-state index in [-0.39, 0.29) is 12.0 Å². The lowest BCUT2D eigenvalue weighted by Gasteiger charge is -2.34. The molecule has 0 aromatic carbocycles. The molecule has 5 heteroatoms. The number of aryl methyl sites for hydroxylation is 1. The van der Waals surface area contributed by atoms with E-state index in [0.717, 1.165) is 24.2 Å². The molecule has 2 heterocycles. The molecule has 0 unspecified atom stereocenters. The van der Waals surface area contributed by atoms with Crippen LogP contribution in [-0.2, 0) is 9.53 Å². The third-order valence-corrected chi connectivity index (χ3v) is 4.21. The number of carbonyl (C=O) groups is 1. The minimum Gasteiger partial charge on any atom is -0.368 e. The summed E-state index contributed by atoms with van der Waals surface area (Å²) < 4.78 is 5.75. The molecule has 0 N–H and O–H groups in total. The van der Waals surface area contributed by atoms with Crippen LogP contribution in [0.15, 0.2) is 12.4 Å². The van der Waals surface area contributed by atoms with Gasteiger partial charge in [0.05, 0.1) is 30.7 Å². The Bertz CT molecular complexity index is 469. The first-order valence-corrected chi connectivity index (χ1v) is 7.43. The van der Waals surface area contributed by atoms with Crippen LogP contribution in [0.3, 0.4) is 0 Å². The molecule has 1 atom stereocenters. The second-order valence-electron chi connectivity index (χ2n) is 5.71. The van der Waals surface area contributed by atoms with Crippen LogP contribution in [-0.4, -0.2) is 40.5 Å².